The molecule has 1 aromatic carbocycles. The molecule has 0 spiro atoms. The molecule has 2 N–H and O–H groups in total. The van der Waals surface area contributed by atoms with Crippen molar-refractivity contribution in [3.05, 3.63) is 29.8 Å². The normalized spacial score (nSPS) is 17.1. The highest BCUT2D eigenvalue weighted by Gasteiger charge is 2.38. The van der Waals surface area contributed by atoms with E-state index >= 15 is 0 Å². The molecule has 1 aliphatic rings. The van der Waals surface area contributed by atoms with E-state index in [1.165, 1.54) is 0 Å². The first-order valence-electron chi connectivity index (χ1n) is 9.27. The van der Waals surface area contributed by atoms with Gasteiger partial charge < -0.3 is 20.1 Å². The zero-order valence-corrected chi connectivity index (χ0v) is 16.2. The molecule has 2 rings (SSSR count). The molecule has 1 heterocycles. The van der Waals surface area contributed by atoms with Crippen molar-refractivity contribution < 1.29 is 24.2 Å². The van der Waals surface area contributed by atoms with Gasteiger partial charge in [-0.1, -0.05) is 26.0 Å². The number of nitrogens with zero attached hydrogens (tertiary/aromatic N) is 1. The summed E-state index contributed by atoms with van der Waals surface area (Å²) in [5, 5.41) is 12.2. The van der Waals surface area contributed by atoms with Crippen molar-refractivity contribution in [3.63, 3.8) is 0 Å². The smallest absolute Gasteiger partial charge is 0.311 e. The maximum absolute atomic E-state index is 12.5. The van der Waals surface area contributed by atoms with E-state index in [-0.39, 0.29) is 24.8 Å². The Balaban J connectivity index is 1.93. The van der Waals surface area contributed by atoms with Crippen LogP contribution in [-0.2, 0) is 20.9 Å². The second-order valence-electron chi connectivity index (χ2n) is 7.03. The summed E-state index contributed by atoms with van der Waals surface area (Å²) in [6.45, 7) is 4.47. The molecule has 1 unspecified atom stereocenters. The lowest BCUT2D eigenvalue weighted by molar-refractivity contribution is -0.149. The van der Waals surface area contributed by atoms with Crippen LogP contribution in [-0.4, -0.2) is 48.0 Å². The lowest BCUT2D eigenvalue weighted by Crippen LogP contribution is -2.44. The quantitative estimate of drug-likeness (QED) is 0.688. The Kier molecular flexibility index (Phi) is 6.82. The molecular weight excluding hydrogens is 348 g/mol. The van der Waals surface area contributed by atoms with E-state index in [1.807, 2.05) is 24.3 Å². The van der Waals surface area contributed by atoms with Crippen LogP contribution >= 0.6 is 0 Å². The number of likely N-dealkylation sites (tertiary alicyclic amines) is 1. The SMILES string of the molecule is CCC(CC)(CNC(=O)C1CC(=O)N(Cc2ccc(OC)cc2)C1)C(=O)O. The molecule has 7 heteroatoms. The number of hydrogen-bond acceptors (Lipinski definition) is 4. The van der Waals surface area contributed by atoms with Gasteiger partial charge in [-0.15, -0.1) is 0 Å². The average molecular weight is 376 g/mol. The zero-order chi connectivity index (χ0) is 20.0. The van der Waals surface area contributed by atoms with Gasteiger partial charge in [0, 0.05) is 26.1 Å². The minimum atomic E-state index is -0.957. The standard InChI is InChI=1S/C20H28N2O5/c1-4-20(5-2,19(25)26)13-21-18(24)15-10-17(23)22(12-15)11-14-6-8-16(27-3)9-7-14/h6-9,15H,4-5,10-13H2,1-3H3,(H,21,24)(H,25,26). The Morgan fingerprint density at radius 3 is 2.41 bits per heavy atom. The van der Waals surface area contributed by atoms with Crippen LogP contribution in [0.1, 0.15) is 38.7 Å². The Bertz CT molecular complexity index is 682. The molecule has 1 saturated heterocycles. The molecule has 148 valence electrons. The Morgan fingerprint density at radius 1 is 1.26 bits per heavy atom. The first kappa shape index (κ1) is 20.7. The number of carbonyl (C=O) groups excluding carboxylic acids is 2. The van der Waals surface area contributed by atoms with Gasteiger partial charge in [0.1, 0.15) is 5.75 Å². The van der Waals surface area contributed by atoms with Crippen LogP contribution in [0.4, 0.5) is 0 Å². The fraction of sp³-hybridized carbons (Fsp3) is 0.550. The second kappa shape index (κ2) is 8.88. The minimum absolute atomic E-state index is 0.0681. The fourth-order valence-corrected chi connectivity index (χ4v) is 3.33. The number of ether oxygens (including phenoxy) is 1. The summed E-state index contributed by atoms with van der Waals surface area (Å²) in [6, 6.07) is 7.45. The van der Waals surface area contributed by atoms with Gasteiger partial charge in [0.05, 0.1) is 18.4 Å². The molecule has 2 amide bonds. The predicted molar refractivity (Wildman–Crippen MR) is 100 cm³/mol. The number of hydrogen-bond donors (Lipinski definition) is 2. The second-order valence-corrected chi connectivity index (χ2v) is 7.03. The van der Waals surface area contributed by atoms with E-state index in [9.17, 15) is 19.5 Å². The van der Waals surface area contributed by atoms with Crippen molar-refractivity contribution in [1.29, 1.82) is 0 Å². The molecule has 0 bridgehead atoms. The lowest BCUT2D eigenvalue weighted by atomic mass is 9.82. The van der Waals surface area contributed by atoms with E-state index in [0.29, 0.717) is 25.9 Å². The van der Waals surface area contributed by atoms with Gasteiger partial charge >= 0.3 is 5.97 Å². The molecular formula is C20H28N2O5. The van der Waals surface area contributed by atoms with Crippen LogP contribution < -0.4 is 10.1 Å². The summed E-state index contributed by atoms with van der Waals surface area (Å²) in [6.07, 6.45) is 1.03. The van der Waals surface area contributed by atoms with Crippen molar-refractivity contribution in [1.82, 2.24) is 10.2 Å². The first-order chi connectivity index (χ1) is 12.8. The maximum Gasteiger partial charge on any atom is 0.311 e. The predicted octanol–water partition coefficient (Wildman–Crippen LogP) is 2.05. The van der Waals surface area contributed by atoms with Crippen LogP contribution in [0, 0.1) is 11.3 Å². The maximum atomic E-state index is 12.5. The molecule has 0 saturated carbocycles. The molecule has 27 heavy (non-hydrogen) atoms. The van der Waals surface area contributed by atoms with Gasteiger partial charge in [-0.3, -0.25) is 14.4 Å². The highest BCUT2D eigenvalue weighted by Crippen LogP contribution is 2.27. The summed E-state index contributed by atoms with van der Waals surface area (Å²) in [7, 11) is 1.60. The Hall–Kier alpha value is -2.57. The van der Waals surface area contributed by atoms with Crippen LogP contribution in [0.25, 0.3) is 0 Å². The molecule has 0 aromatic heterocycles. The van der Waals surface area contributed by atoms with Crippen molar-refractivity contribution in [2.24, 2.45) is 11.3 Å². The monoisotopic (exact) mass is 376 g/mol. The topological polar surface area (TPSA) is 95.9 Å². The van der Waals surface area contributed by atoms with Crippen molar-refractivity contribution in [2.45, 2.75) is 39.7 Å². The number of aliphatic carboxylic acids is 1. The van der Waals surface area contributed by atoms with E-state index in [2.05, 4.69) is 5.32 Å². The fourth-order valence-electron chi connectivity index (χ4n) is 3.33. The summed E-state index contributed by atoms with van der Waals surface area (Å²) in [4.78, 5) is 38.0. The van der Waals surface area contributed by atoms with Gasteiger partial charge in [0.2, 0.25) is 11.8 Å². The van der Waals surface area contributed by atoms with Crippen molar-refractivity contribution >= 4 is 17.8 Å². The molecule has 1 aliphatic heterocycles. The summed E-state index contributed by atoms with van der Waals surface area (Å²) in [5.41, 5.74) is 0.00759. The number of rotatable bonds is 9. The van der Waals surface area contributed by atoms with Gasteiger partial charge in [-0.2, -0.15) is 0 Å². The highest BCUT2D eigenvalue weighted by atomic mass is 16.5. The number of carboxylic acids is 1. The number of benzene rings is 1. The van der Waals surface area contributed by atoms with Crippen LogP contribution in [0.5, 0.6) is 5.75 Å². The molecule has 7 nitrogen and oxygen atoms in total. The van der Waals surface area contributed by atoms with Crippen molar-refractivity contribution in [2.75, 3.05) is 20.2 Å². The first-order valence-corrected chi connectivity index (χ1v) is 9.27. The van der Waals surface area contributed by atoms with E-state index in [4.69, 9.17) is 4.74 Å². The molecule has 1 atom stereocenters. The Labute approximate surface area is 159 Å². The van der Waals surface area contributed by atoms with Crippen LogP contribution in [0.2, 0.25) is 0 Å². The number of amides is 2. The van der Waals surface area contributed by atoms with Crippen LogP contribution in [0.15, 0.2) is 24.3 Å². The number of carbonyl (C=O) groups is 3. The van der Waals surface area contributed by atoms with Crippen molar-refractivity contribution in [3.8, 4) is 5.75 Å². The third-order valence-corrected chi connectivity index (χ3v) is 5.53. The third kappa shape index (κ3) is 4.78. The third-order valence-electron chi connectivity index (χ3n) is 5.53. The number of methoxy groups -OCH3 is 1. The minimum Gasteiger partial charge on any atom is -0.497 e. The highest BCUT2D eigenvalue weighted by molar-refractivity contribution is 5.89. The molecule has 0 radical (unpaired) electrons. The van der Waals surface area contributed by atoms with Gasteiger partial charge in [0.25, 0.3) is 0 Å². The number of nitrogens with one attached hydrogen (secondary N) is 1. The van der Waals surface area contributed by atoms with Gasteiger partial charge in [-0.25, -0.2) is 0 Å². The molecule has 0 aliphatic carbocycles. The zero-order valence-electron chi connectivity index (χ0n) is 16.2. The van der Waals surface area contributed by atoms with Crippen LogP contribution in [0.3, 0.4) is 0 Å². The Morgan fingerprint density at radius 2 is 1.89 bits per heavy atom. The average Bonchev–Trinajstić information content (AvgIpc) is 3.03. The largest absolute Gasteiger partial charge is 0.497 e. The summed E-state index contributed by atoms with van der Waals surface area (Å²) in [5.74, 6) is -0.931. The lowest BCUT2D eigenvalue weighted by Gasteiger charge is -2.27. The summed E-state index contributed by atoms with van der Waals surface area (Å²) < 4.78 is 5.12. The molecule has 1 aromatic rings. The van der Waals surface area contributed by atoms with E-state index in [1.54, 1.807) is 25.9 Å². The van der Waals surface area contributed by atoms with Gasteiger partial charge in [0.15, 0.2) is 0 Å². The molecule has 1 fully saturated rings. The van der Waals surface area contributed by atoms with E-state index in [0.717, 1.165) is 11.3 Å². The summed E-state index contributed by atoms with van der Waals surface area (Å²) >= 11 is 0. The number of carboxylic acid groups (broad SMARTS) is 1. The van der Waals surface area contributed by atoms with Gasteiger partial charge in [-0.05, 0) is 30.5 Å². The van der Waals surface area contributed by atoms with E-state index < -0.39 is 17.3 Å².